The van der Waals surface area contributed by atoms with E-state index in [0.29, 0.717) is 12.0 Å². The van der Waals surface area contributed by atoms with E-state index in [-0.39, 0.29) is 29.9 Å². The van der Waals surface area contributed by atoms with Crippen LogP contribution in [0.5, 0.6) is 5.75 Å². The summed E-state index contributed by atoms with van der Waals surface area (Å²) in [5, 5.41) is 21.3. The fourth-order valence-electron chi connectivity index (χ4n) is 2.24. The van der Waals surface area contributed by atoms with E-state index < -0.39 is 12.0 Å². The highest BCUT2D eigenvalue weighted by Crippen LogP contribution is 2.22. The Bertz CT molecular complexity index is 505. The standard InChI is InChI=1S/C16H23NO4/c1-16(2,3)10-12(9-15(20)21)17-14(19)8-11-6-4-5-7-13(11)18/h4-7,12,18H,8-10H2,1-3H3,(H,17,19)(H,20,21). The molecule has 0 aliphatic rings. The summed E-state index contributed by atoms with van der Waals surface area (Å²) in [5.41, 5.74) is 0.447. The monoisotopic (exact) mass is 293 g/mol. The number of hydrogen-bond donors (Lipinski definition) is 3. The molecule has 1 aromatic carbocycles. The lowest BCUT2D eigenvalue weighted by molar-refractivity contribution is -0.137. The number of hydrogen-bond acceptors (Lipinski definition) is 3. The SMILES string of the molecule is CC(C)(C)CC(CC(=O)O)NC(=O)Cc1ccccc1O. The third-order valence-electron chi connectivity index (χ3n) is 2.99. The number of phenolic OH excluding ortho intramolecular Hbond substituents is 1. The summed E-state index contributed by atoms with van der Waals surface area (Å²) in [4.78, 5) is 22.9. The van der Waals surface area contributed by atoms with E-state index in [1.165, 1.54) is 6.07 Å². The Kier molecular flexibility index (Phi) is 5.76. The zero-order valence-corrected chi connectivity index (χ0v) is 12.7. The molecule has 5 heteroatoms. The van der Waals surface area contributed by atoms with Gasteiger partial charge in [-0.05, 0) is 17.9 Å². The molecule has 5 nitrogen and oxygen atoms in total. The number of aliphatic carboxylic acids is 1. The smallest absolute Gasteiger partial charge is 0.305 e. The van der Waals surface area contributed by atoms with Crippen molar-refractivity contribution in [3.8, 4) is 5.75 Å². The van der Waals surface area contributed by atoms with Crippen molar-refractivity contribution < 1.29 is 19.8 Å². The molecule has 1 atom stereocenters. The van der Waals surface area contributed by atoms with E-state index in [1.807, 2.05) is 20.8 Å². The largest absolute Gasteiger partial charge is 0.508 e. The van der Waals surface area contributed by atoms with Gasteiger partial charge in [0.1, 0.15) is 5.75 Å². The predicted molar refractivity (Wildman–Crippen MR) is 80.1 cm³/mol. The van der Waals surface area contributed by atoms with Crippen LogP contribution in [-0.4, -0.2) is 28.1 Å². The highest BCUT2D eigenvalue weighted by molar-refractivity contribution is 5.80. The summed E-state index contributed by atoms with van der Waals surface area (Å²) in [6.45, 7) is 5.99. The number of benzene rings is 1. The van der Waals surface area contributed by atoms with Gasteiger partial charge in [-0.2, -0.15) is 0 Å². The van der Waals surface area contributed by atoms with Gasteiger partial charge in [-0.25, -0.2) is 0 Å². The number of rotatable bonds is 6. The molecule has 0 saturated carbocycles. The second-order valence-electron chi connectivity index (χ2n) is 6.43. The Labute approximate surface area is 125 Å². The predicted octanol–water partition coefficient (Wildman–Crippen LogP) is 2.33. The maximum atomic E-state index is 12.0. The van der Waals surface area contributed by atoms with Gasteiger partial charge in [0, 0.05) is 11.6 Å². The minimum absolute atomic E-state index is 0.0347. The average molecular weight is 293 g/mol. The quantitative estimate of drug-likeness (QED) is 0.751. The van der Waals surface area contributed by atoms with E-state index >= 15 is 0 Å². The molecular formula is C16H23NO4. The van der Waals surface area contributed by atoms with Crippen LogP contribution < -0.4 is 5.32 Å². The van der Waals surface area contributed by atoms with Crippen LogP contribution in [0.15, 0.2) is 24.3 Å². The Morgan fingerprint density at radius 2 is 1.86 bits per heavy atom. The fourth-order valence-corrected chi connectivity index (χ4v) is 2.24. The maximum absolute atomic E-state index is 12.0. The third kappa shape index (κ3) is 6.79. The molecule has 1 aromatic rings. The molecule has 1 rings (SSSR count). The number of nitrogens with one attached hydrogen (secondary N) is 1. The zero-order chi connectivity index (χ0) is 16.0. The molecule has 116 valence electrons. The van der Waals surface area contributed by atoms with Gasteiger partial charge in [0.2, 0.25) is 5.91 Å². The van der Waals surface area contributed by atoms with Crippen LogP contribution in [0, 0.1) is 5.41 Å². The Balaban J connectivity index is 2.67. The number of para-hydroxylation sites is 1. The average Bonchev–Trinajstić information content (AvgIpc) is 2.28. The van der Waals surface area contributed by atoms with Gasteiger partial charge in [0.25, 0.3) is 0 Å². The molecule has 0 radical (unpaired) electrons. The maximum Gasteiger partial charge on any atom is 0.305 e. The summed E-state index contributed by atoms with van der Waals surface area (Å²) in [5.74, 6) is -1.16. The van der Waals surface area contributed by atoms with Crippen molar-refractivity contribution in [1.29, 1.82) is 0 Å². The zero-order valence-electron chi connectivity index (χ0n) is 12.7. The number of phenols is 1. The van der Waals surface area contributed by atoms with Crippen molar-refractivity contribution in [2.45, 2.75) is 46.1 Å². The van der Waals surface area contributed by atoms with E-state index in [1.54, 1.807) is 18.2 Å². The third-order valence-corrected chi connectivity index (χ3v) is 2.99. The molecule has 0 bridgehead atoms. The van der Waals surface area contributed by atoms with Crippen molar-refractivity contribution >= 4 is 11.9 Å². The van der Waals surface area contributed by atoms with Gasteiger partial charge in [0.15, 0.2) is 0 Å². The first-order valence-corrected chi connectivity index (χ1v) is 6.95. The van der Waals surface area contributed by atoms with Crippen molar-refractivity contribution in [1.82, 2.24) is 5.32 Å². The molecule has 21 heavy (non-hydrogen) atoms. The Morgan fingerprint density at radius 1 is 1.24 bits per heavy atom. The summed E-state index contributed by atoms with van der Waals surface area (Å²) < 4.78 is 0. The number of carbonyl (C=O) groups excluding carboxylic acids is 1. The van der Waals surface area contributed by atoms with Gasteiger partial charge in [-0.3, -0.25) is 9.59 Å². The molecule has 0 fully saturated rings. The first-order valence-electron chi connectivity index (χ1n) is 6.95. The van der Waals surface area contributed by atoms with Gasteiger partial charge < -0.3 is 15.5 Å². The lowest BCUT2D eigenvalue weighted by Crippen LogP contribution is -2.39. The molecular weight excluding hydrogens is 270 g/mol. The highest BCUT2D eigenvalue weighted by atomic mass is 16.4. The van der Waals surface area contributed by atoms with Crippen molar-refractivity contribution in [2.75, 3.05) is 0 Å². The number of carboxylic acids is 1. The van der Waals surface area contributed by atoms with E-state index in [0.717, 1.165) is 0 Å². The molecule has 0 aliphatic heterocycles. The molecule has 0 aromatic heterocycles. The topological polar surface area (TPSA) is 86.6 Å². The summed E-state index contributed by atoms with van der Waals surface area (Å²) >= 11 is 0. The van der Waals surface area contributed by atoms with Gasteiger partial charge in [-0.1, -0.05) is 39.0 Å². The lowest BCUT2D eigenvalue weighted by Gasteiger charge is -2.25. The normalized spacial score (nSPS) is 12.7. The van der Waals surface area contributed by atoms with Crippen LogP contribution in [0.4, 0.5) is 0 Å². The molecule has 0 saturated heterocycles. The fraction of sp³-hybridized carbons (Fsp3) is 0.500. The second-order valence-corrected chi connectivity index (χ2v) is 6.43. The van der Waals surface area contributed by atoms with E-state index in [9.17, 15) is 14.7 Å². The van der Waals surface area contributed by atoms with Crippen molar-refractivity contribution in [2.24, 2.45) is 5.41 Å². The van der Waals surface area contributed by atoms with Gasteiger partial charge in [0.05, 0.1) is 12.8 Å². The van der Waals surface area contributed by atoms with Crippen molar-refractivity contribution in [3.05, 3.63) is 29.8 Å². The first kappa shape index (κ1) is 17.0. The molecule has 1 unspecified atom stereocenters. The van der Waals surface area contributed by atoms with Crippen LogP contribution in [-0.2, 0) is 16.0 Å². The number of carboxylic acid groups (broad SMARTS) is 1. The van der Waals surface area contributed by atoms with Crippen LogP contribution in [0.2, 0.25) is 0 Å². The first-order chi connectivity index (χ1) is 9.67. The van der Waals surface area contributed by atoms with Crippen molar-refractivity contribution in [3.63, 3.8) is 0 Å². The summed E-state index contributed by atoms with van der Waals surface area (Å²) in [6.07, 6.45) is 0.503. The van der Waals surface area contributed by atoms with E-state index in [2.05, 4.69) is 5.32 Å². The number of carbonyl (C=O) groups is 2. The molecule has 3 N–H and O–H groups in total. The van der Waals surface area contributed by atoms with Crippen LogP contribution in [0.1, 0.15) is 39.2 Å². The minimum Gasteiger partial charge on any atom is -0.508 e. The summed E-state index contributed by atoms with van der Waals surface area (Å²) in [6, 6.07) is 6.20. The summed E-state index contributed by atoms with van der Waals surface area (Å²) in [7, 11) is 0. The van der Waals surface area contributed by atoms with Crippen LogP contribution in [0.3, 0.4) is 0 Å². The Hall–Kier alpha value is -2.04. The van der Waals surface area contributed by atoms with Gasteiger partial charge in [-0.15, -0.1) is 0 Å². The minimum atomic E-state index is -0.938. The number of aromatic hydroxyl groups is 1. The van der Waals surface area contributed by atoms with Gasteiger partial charge >= 0.3 is 5.97 Å². The van der Waals surface area contributed by atoms with Crippen LogP contribution in [0.25, 0.3) is 0 Å². The lowest BCUT2D eigenvalue weighted by atomic mass is 9.87. The number of amides is 1. The van der Waals surface area contributed by atoms with E-state index in [4.69, 9.17) is 5.11 Å². The molecule has 1 amide bonds. The van der Waals surface area contributed by atoms with Crippen LogP contribution >= 0.6 is 0 Å². The molecule has 0 spiro atoms. The molecule has 0 aliphatic carbocycles. The second kappa shape index (κ2) is 7.11. The Morgan fingerprint density at radius 3 is 2.38 bits per heavy atom. The highest BCUT2D eigenvalue weighted by Gasteiger charge is 2.23. The molecule has 0 heterocycles.